The van der Waals surface area contributed by atoms with Gasteiger partial charge in [0.1, 0.15) is 6.04 Å². The lowest BCUT2D eigenvalue weighted by atomic mass is 10.2. The van der Waals surface area contributed by atoms with Gasteiger partial charge in [0, 0.05) is 17.1 Å². The van der Waals surface area contributed by atoms with E-state index in [0.29, 0.717) is 13.2 Å². The number of nitrogens with one attached hydrogen (secondary N) is 2. The average Bonchev–Trinajstić information content (AvgIpc) is 2.40. The van der Waals surface area contributed by atoms with E-state index in [1.165, 1.54) is 0 Å². The van der Waals surface area contributed by atoms with Crippen molar-refractivity contribution in [3.8, 4) is 0 Å². The molecule has 100 valence electrons. The van der Waals surface area contributed by atoms with Crippen molar-refractivity contribution in [1.29, 1.82) is 0 Å². The maximum Gasteiger partial charge on any atom is 0.243 e. The SMILES string of the molecule is CSc1cccc(NC(=O)C2COCCN2)c1.Cl. The molecule has 1 amide bonds. The molecule has 1 aliphatic heterocycles. The number of ether oxygens (including phenoxy) is 1. The molecule has 6 heteroatoms. The van der Waals surface area contributed by atoms with Crippen molar-refractivity contribution in [2.24, 2.45) is 0 Å². The Balaban J connectivity index is 0.00000162. The third-order valence-electron chi connectivity index (χ3n) is 2.58. The van der Waals surface area contributed by atoms with E-state index < -0.39 is 0 Å². The molecule has 1 fully saturated rings. The molecule has 4 nitrogen and oxygen atoms in total. The van der Waals surface area contributed by atoms with Crippen LogP contribution in [0.3, 0.4) is 0 Å². The van der Waals surface area contributed by atoms with E-state index in [-0.39, 0.29) is 24.4 Å². The monoisotopic (exact) mass is 288 g/mol. The quantitative estimate of drug-likeness (QED) is 0.832. The number of hydrogen-bond donors (Lipinski definition) is 2. The van der Waals surface area contributed by atoms with E-state index in [1.54, 1.807) is 11.8 Å². The molecule has 1 aliphatic rings. The van der Waals surface area contributed by atoms with Crippen LogP contribution in [0.25, 0.3) is 0 Å². The second-order valence-corrected chi connectivity index (χ2v) is 4.68. The van der Waals surface area contributed by atoms with Crippen molar-refractivity contribution >= 4 is 35.8 Å². The Bertz CT molecular complexity index is 397. The van der Waals surface area contributed by atoms with Gasteiger partial charge in [0.15, 0.2) is 0 Å². The molecular formula is C12H17ClN2O2S. The van der Waals surface area contributed by atoms with Gasteiger partial charge in [-0.25, -0.2) is 0 Å². The summed E-state index contributed by atoms with van der Waals surface area (Å²) in [6, 6.07) is 7.56. The van der Waals surface area contributed by atoms with Gasteiger partial charge in [-0.3, -0.25) is 4.79 Å². The van der Waals surface area contributed by atoms with Crippen LogP contribution in [0.2, 0.25) is 0 Å². The van der Waals surface area contributed by atoms with E-state index in [2.05, 4.69) is 10.6 Å². The van der Waals surface area contributed by atoms with Crippen LogP contribution in [0.5, 0.6) is 0 Å². The van der Waals surface area contributed by atoms with Gasteiger partial charge in [-0.15, -0.1) is 24.2 Å². The molecule has 18 heavy (non-hydrogen) atoms. The van der Waals surface area contributed by atoms with Crippen molar-refractivity contribution in [2.75, 3.05) is 31.3 Å². The first-order valence-corrected chi connectivity index (χ1v) is 6.78. The first-order chi connectivity index (χ1) is 8.29. The minimum atomic E-state index is -0.248. The molecule has 1 saturated heterocycles. The Hall–Kier alpha value is -0.750. The zero-order valence-corrected chi connectivity index (χ0v) is 11.8. The Labute approximate surface area is 117 Å². The fraction of sp³-hybridized carbons (Fsp3) is 0.417. The average molecular weight is 289 g/mol. The molecule has 0 spiro atoms. The molecule has 2 N–H and O–H groups in total. The van der Waals surface area contributed by atoms with Gasteiger partial charge < -0.3 is 15.4 Å². The van der Waals surface area contributed by atoms with E-state index in [1.807, 2.05) is 30.5 Å². The summed E-state index contributed by atoms with van der Waals surface area (Å²) in [5.74, 6) is -0.0389. The van der Waals surface area contributed by atoms with Crippen molar-refractivity contribution in [1.82, 2.24) is 5.32 Å². The van der Waals surface area contributed by atoms with E-state index in [4.69, 9.17) is 4.74 Å². The molecule has 0 saturated carbocycles. The number of amides is 1. The van der Waals surface area contributed by atoms with Gasteiger partial charge in [0.25, 0.3) is 0 Å². The van der Waals surface area contributed by atoms with Crippen molar-refractivity contribution in [3.63, 3.8) is 0 Å². The number of benzene rings is 1. The second kappa shape index (κ2) is 7.63. The first-order valence-electron chi connectivity index (χ1n) is 5.55. The van der Waals surface area contributed by atoms with Crippen LogP contribution < -0.4 is 10.6 Å². The molecule has 0 aromatic heterocycles. The molecule has 1 heterocycles. The number of morpholine rings is 1. The maximum absolute atomic E-state index is 11.9. The highest BCUT2D eigenvalue weighted by molar-refractivity contribution is 7.98. The predicted octanol–water partition coefficient (Wildman–Crippen LogP) is 1.76. The predicted molar refractivity (Wildman–Crippen MR) is 76.7 cm³/mol. The summed E-state index contributed by atoms with van der Waals surface area (Å²) in [6.07, 6.45) is 2.01. The lowest BCUT2D eigenvalue weighted by molar-refractivity contribution is -0.120. The van der Waals surface area contributed by atoms with Crippen LogP contribution in [0, 0.1) is 0 Å². The number of thioether (sulfide) groups is 1. The molecule has 0 aliphatic carbocycles. The van der Waals surface area contributed by atoms with Crippen LogP contribution in [0.15, 0.2) is 29.2 Å². The van der Waals surface area contributed by atoms with E-state index in [9.17, 15) is 4.79 Å². The van der Waals surface area contributed by atoms with Gasteiger partial charge in [-0.2, -0.15) is 0 Å². The van der Waals surface area contributed by atoms with Crippen LogP contribution in [-0.4, -0.2) is 38.0 Å². The Morgan fingerprint density at radius 1 is 1.56 bits per heavy atom. The number of hydrogen-bond acceptors (Lipinski definition) is 4. The standard InChI is InChI=1S/C12H16N2O2S.ClH/c1-17-10-4-2-3-9(7-10)14-12(15)11-8-16-6-5-13-11;/h2-4,7,11,13H,5-6,8H2,1H3,(H,14,15);1H. The highest BCUT2D eigenvalue weighted by Crippen LogP contribution is 2.19. The summed E-state index contributed by atoms with van der Waals surface area (Å²) in [7, 11) is 0. The normalized spacial score (nSPS) is 18.8. The van der Waals surface area contributed by atoms with Crippen LogP contribution in [0.1, 0.15) is 0 Å². The van der Waals surface area contributed by atoms with Crippen molar-refractivity contribution < 1.29 is 9.53 Å². The van der Waals surface area contributed by atoms with Crippen LogP contribution in [-0.2, 0) is 9.53 Å². The number of halogens is 1. The molecule has 1 unspecified atom stereocenters. The second-order valence-electron chi connectivity index (χ2n) is 3.80. The van der Waals surface area contributed by atoms with Gasteiger partial charge in [-0.05, 0) is 24.5 Å². The molecule has 1 atom stereocenters. The van der Waals surface area contributed by atoms with Gasteiger partial charge in [-0.1, -0.05) is 6.07 Å². The third-order valence-corrected chi connectivity index (χ3v) is 3.30. The first kappa shape index (κ1) is 15.3. The summed E-state index contributed by atoms with van der Waals surface area (Å²) in [4.78, 5) is 13.0. The van der Waals surface area contributed by atoms with E-state index >= 15 is 0 Å². The topological polar surface area (TPSA) is 50.4 Å². The zero-order chi connectivity index (χ0) is 12.1. The summed E-state index contributed by atoms with van der Waals surface area (Å²) in [6.45, 7) is 1.84. The zero-order valence-electron chi connectivity index (χ0n) is 10.1. The number of carbonyl (C=O) groups is 1. The van der Waals surface area contributed by atoms with Gasteiger partial charge >= 0.3 is 0 Å². The van der Waals surface area contributed by atoms with Crippen molar-refractivity contribution in [2.45, 2.75) is 10.9 Å². The summed E-state index contributed by atoms with van der Waals surface area (Å²) >= 11 is 1.65. The van der Waals surface area contributed by atoms with Gasteiger partial charge in [0.2, 0.25) is 5.91 Å². The van der Waals surface area contributed by atoms with Crippen molar-refractivity contribution in [3.05, 3.63) is 24.3 Å². The smallest absolute Gasteiger partial charge is 0.243 e. The number of anilines is 1. The minimum absolute atomic E-state index is 0. The lowest BCUT2D eigenvalue weighted by Crippen LogP contribution is -2.48. The highest BCUT2D eigenvalue weighted by Gasteiger charge is 2.20. The van der Waals surface area contributed by atoms with E-state index in [0.717, 1.165) is 17.1 Å². The lowest BCUT2D eigenvalue weighted by Gasteiger charge is -2.22. The largest absolute Gasteiger partial charge is 0.378 e. The number of rotatable bonds is 3. The fourth-order valence-electron chi connectivity index (χ4n) is 1.66. The molecule has 0 bridgehead atoms. The van der Waals surface area contributed by atoms with Gasteiger partial charge in [0.05, 0.1) is 13.2 Å². The summed E-state index contributed by atoms with van der Waals surface area (Å²) in [5.41, 5.74) is 0.828. The Kier molecular flexibility index (Phi) is 6.49. The molecular weight excluding hydrogens is 272 g/mol. The molecule has 0 radical (unpaired) electrons. The summed E-state index contributed by atoms with van der Waals surface area (Å²) in [5, 5.41) is 6.02. The number of carbonyl (C=O) groups excluding carboxylic acids is 1. The van der Waals surface area contributed by atoms with Crippen LogP contribution >= 0.6 is 24.2 Å². The molecule has 1 aromatic rings. The maximum atomic E-state index is 11.9. The third kappa shape index (κ3) is 4.17. The Morgan fingerprint density at radius 2 is 2.39 bits per heavy atom. The van der Waals surface area contributed by atoms with Crippen LogP contribution in [0.4, 0.5) is 5.69 Å². The summed E-state index contributed by atoms with van der Waals surface area (Å²) < 4.78 is 5.26. The highest BCUT2D eigenvalue weighted by atomic mass is 35.5. The fourth-order valence-corrected chi connectivity index (χ4v) is 2.12. The Morgan fingerprint density at radius 3 is 3.06 bits per heavy atom. The minimum Gasteiger partial charge on any atom is -0.378 e. The molecule has 1 aromatic carbocycles. The molecule has 2 rings (SSSR count).